The summed E-state index contributed by atoms with van der Waals surface area (Å²) in [7, 11) is -1.17. The summed E-state index contributed by atoms with van der Waals surface area (Å²) < 4.78 is 40.5. The third-order valence-corrected chi connectivity index (χ3v) is 10.1. The number of carbonyl (C=O) groups is 2. The second kappa shape index (κ2) is 15.3. The Labute approximate surface area is 267 Å². The lowest BCUT2D eigenvalue weighted by Crippen LogP contribution is -2.54. The summed E-state index contributed by atoms with van der Waals surface area (Å²) in [4.78, 5) is 29.7. The highest BCUT2D eigenvalue weighted by atomic mass is 32.2. The molecule has 0 heterocycles. The molecule has 2 amide bonds. The molecule has 0 aliphatic heterocycles. The quantitative estimate of drug-likeness (QED) is 0.256. The van der Waals surface area contributed by atoms with E-state index in [-0.39, 0.29) is 29.1 Å². The van der Waals surface area contributed by atoms with Crippen LogP contribution >= 0.6 is 0 Å². The monoisotopic (exact) mass is 635 g/mol. The van der Waals surface area contributed by atoms with Crippen LogP contribution in [0.4, 0.5) is 5.69 Å². The van der Waals surface area contributed by atoms with Crippen LogP contribution in [0.25, 0.3) is 0 Å². The third-order valence-electron chi connectivity index (χ3n) is 8.34. The first-order chi connectivity index (χ1) is 21.6. The van der Waals surface area contributed by atoms with Gasteiger partial charge in [0.1, 0.15) is 24.1 Å². The van der Waals surface area contributed by atoms with Gasteiger partial charge < -0.3 is 19.7 Å². The van der Waals surface area contributed by atoms with E-state index in [1.54, 1.807) is 43.5 Å². The molecule has 9 nitrogen and oxygen atoms in total. The van der Waals surface area contributed by atoms with Crippen molar-refractivity contribution in [3.63, 3.8) is 0 Å². The lowest BCUT2D eigenvalue weighted by Gasteiger charge is -2.34. The Morgan fingerprint density at radius 3 is 2.13 bits per heavy atom. The van der Waals surface area contributed by atoms with Gasteiger partial charge in [-0.25, -0.2) is 8.42 Å². The molecule has 1 N–H and O–H groups in total. The molecule has 242 valence electrons. The van der Waals surface area contributed by atoms with Crippen molar-refractivity contribution in [3.05, 3.63) is 83.4 Å². The molecular formula is C35H45N3O6S. The minimum atomic E-state index is -4.22. The van der Waals surface area contributed by atoms with Crippen LogP contribution in [0.2, 0.25) is 0 Å². The maximum absolute atomic E-state index is 14.4. The average molecular weight is 636 g/mol. The van der Waals surface area contributed by atoms with Crippen molar-refractivity contribution in [2.75, 3.05) is 25.1 Å². The van der Waals surface area contributed by atoms with Gasteiger partial charge >= 0.3 is 0 Å². The molecule has 0 saturated heterocycles. The number of rotatable bonds is 13. The van der Waals surface area contributed by atoms with Gasteiger partial charge in [-0.2, -0.15) is 0 Å². The minimum absolute atomic E-state index is 0.0493. The molecule has 4 rings (SSSR count). The maximum Gasteiger partial charge on any atom is 0.264 e. The zero-order valence-electron chi connectivity index (χ0n) is 26.9. The molecule has 0 spiro atoms. The molecule has 3 aromatic rings. The number of anilines is 1. The number of hydrogen-bond donors (Lipinski definition) is 1. The molecular weight excluding hydrogens is 590 g/mol. The summed E-state index contributed by atoms with van der Waals surface area (Å²) in [5.41, 5.74) is 2.74. The highest BCUT2D eigenvalue weighted by molar-refractivity contribution is 7.92. The summed E-state index contributed by atoms with van der Waals surface area (Å²) in [6.45, 7) is 5.17. The number of benzene rings is 3. The van der Waals surface area contributed by atoms with Crippen molar-refractivity contribution in [2.24, 2.45) is 0 Å². The molecule has 1 fully saturated rings. The Morgan fingerprint density at radius 1 is 0.889 bits per heavy atom. The largest absolute Gasteiger partial charge is 0.497 e. The van der Waals surface area contributed by atoms with Gasteiger partial charge in [-0.1, -0.05) is 62.1 Å². The van der Waals surface area contributed by atoms with Gasteiger partial charge in [0.05, 0.1) is 24.8 Å². The second-order valence-corrected chi connectivity index (χ2v) is 13.5. The van der Waals surface area contributed by atoms with Crippen LogP contribution in [-0.2, 0) is 26.2 Å². The van der Waals surface area contributed by atoms with E-state index >= 15 is 0 Å². The highest BCUT2D eigenvalue weighted by Gasteiger charge is 2.35. The predicted molar refractivity (Wildman–Crippen MR) is 176 cm³/mol. The lowest BCUT2D eigenvalue weighted by molar-refractivity contribution is -0.140. The van der Waals surface area contributed by atoms with Crippen LogP contribution in [0.1, 0.15) is 62.1 Å². The summed E-state index contributed by atoms with van der Waals surface area (Å²) in [5.74, 6) is 0.247. The number of methoxy groups -OCH3 is 2. The maximum atomic E-state index is 14.4. The van der Waals surface area contributed by atoms with Crippen LogP contribution < -0.4 is 19.1 Å². The standard InChI is InChI=1S/C35H45N3O6S/c1-6-31(35(40)36-28-10-8-7-9-11-28)37(23-27-15-17-29(43-4)18-16-27)34(39)24-38(32-22-26(3)14-21-33(32)44-5)45(41,42)30-19-12-25(2)13-20-30/h12-22,28,31H,6-11,23-24H2,1-5H3,(H,36,40). The molecule has 1 aliphatic rings. The first-order valence-electron chi connectivity index (χ1n) is 15.5. The fourth-order valence-corrected chi connectivity index (χ4v) is 7.15. The summed E-state index contributed by atoms with van der Waals surface area (Å²) in [6.07, 6.45) is 5.44. The molecule has 1 saturated carbocycles. The lowest BCUT2D eigenvalue weighted by atomic mass is 9.95. The van der Waals surface area contributed by atoms with Crippen molar-refractivity contribution in [2.45, 2.75) is 82.8 Å². The van der Waals surface area contributed by atoms with Crippen molar-refractivity contribution in [1.82, 2.24) is 10.2 Å². The highest BCUT2D eigenvalue weighted by Crippen LogP contribution is 2.34. The number of nitrogens with one attached hydrogen (secondary N) is 1. The SMILES string of the molecule is CCC(C(=O)NC1CCCCC1)N(Cc1ccc(OC)cc1)C(=O)CN(c1cc(C)ccc1OC)S(=O)(=O)c1ccc(C)cc1. The van der Waals surface area contributed by atoms with E-state index in [4.69, 9.17) is 9.47 Å². The molecule has 3 aromatic carbocycles. The van der Waals surface area contributed by atoms with Crippen LogP contribution in [0.15, 0.2) is 71.6 Å². The molecule has 0 radical (unpaired) electrons. The molecule has 1 atom stereocenters. The van der Waals surface area contributed by atoms with E-state index in [1.807, 2.05) is 39.0 Å². The number of carbonyl (C=O) groups excluding carboxylic acids is 2. The fraction of sp³-hybridized carbons (Fsp3) is 0.429. The van der Waals surface area contributed by atoms with Gasteiger partial charge in [0, 0.05) is 12.6 Å². The molecule has 0 aromatic heterocycles. The fourth-order valence-electron chi connectivity index (χ4n) is 5.74. The number of sulfonamides is 1. The Kier molecular flexibility index (Phi) is 11.5. The zero-order valence-corrected chi connectivity index (χ0v) is 27.7. The van der Waals surface area contributed by atoms with E-state index in [0.29, 0.717) is 17.9 Å². The van der Waals surface area contributed by atoms with Crippen molar-refractivity contribution in [3.8, 4) is 11.5 Å². The molecule has 1 unspecified atom stereocenters. The number of ether oxygens (including phenoxy) is 2. The van der Waals surface area contributed by atoms with Crippen molar-refractivity contribution < 1.29 is 27.5 Å². The minimum Gasteiger partial charge on any atom is -0.497 e. The summed E-state index contributed by atoms with van der Waals surface area (Å²) >= 11 is 0. The van der Waals surface area contributed by atoms with Crippen molar-refractivity contribution >= 4 is 27.5 Å². The van der Waals surface area contributed by atoms with Gasteiger partial charge in [0.2, 0.25) is 11.8 Å². The summed E-state index contributed by atoms with van der Waals surface area (Å²) in [6, 6.07) is 18.3. The first kappa shape index (κ1) is 33.8. The Bertz CT molecular complexity index is 1550. The van der Waals surface area contributed by atoms with E-state index in [9.17, 15) is 18.0 Å². The van der Waals surface area contributed by atoms with Gasteiger partial charge in [-0.15, -0.1) is 0 Å². The van der Waals surface area contributed by atoms with Crippen molar-refractivity contribution in [1.29, 1.82) is 0 Å². The number of aryl methyl sites for hydroxylation is 2. The number of amides is 2. The van der Waals surface area contributed by atoms with Gasteiger partial charge in [-0.3, -0.25) is 13.9 Å². The average Bonchev–Trinajstić information content (AvgIpc) is 3.04. The van der Waals surface area contributed by atoms with E-state index in [2.05, 4.69) is 5.32 Å². The smallest absolute Gasteiger partial charge is 0.264 e. The first-order valence-corrected chi connectivity index (χ1v) is 17.0. The van der Waals surface area contributed by atoms with E-state index in [1.165, 1.54) is 24.1 Å². The zero-order chi connectivity index (χ0) is 32.6. The van der Waals surface area contributed by atoms with Crippen LogP contribution in [-0.4, -0.2) is 58.0 Å². The Morgan fingerprint density at radius 2 is 1.53 bits per heavy atom. The van der Waals surface area contributed by atoms with Gasteiger partial charge in [0.25, 0.3) is 10.0 Å². The van der Waals surface area contributed by atoms with Gasteiger partial charge in [0.15, 0.2) is 0 Å². The Hall–Kier alpha value is -4.05. The second-order valence-electron chi connectivity index (χ2n) is 11.6. The van der Waals surface area contributed by atoms with E-state index in [0.717, 1.165) is 53.1 Å². The third kappa shape index (κ3) is 8.36. The van der Waals surface area contributed by atoms with E-state index < -0.39 is 28.5 Å². The normalized spacial score (nSPS) is 14.3. The predicted octanol–water partition coefficient (Wildman–Crippen LogP) is 5.77. The molecule has 10 heteroatoms. The summed E-state index contributed by atoms with van der Waals surface area (Å²) in [5, 5.41) is 3.18. The topological polar surface area (TPSA) is 105 Å². The molecule has 0 bridgehead atoms. The van der Waals surface area contributed by atoms with Gasteiger partial charge in [-0.05, 0) is 80.6 Å². The molecule has 1 aliphatic carbocycles. The van der Waals surface area contributed by atoms with Crippen LogP contribution in [0.5, 0.6) is 11.5 Å². The number of hydrogen-bond acceptors (Lipinski definition) is 6. The Balaban J connectivity index is 1.75. The number of nitrogens with zero attached hydrogens (tertiary/aromatic N) is 2. The van der Waals surface area contributed by atoms with Crippen LogP contribution in [0.3, 0.4) is 0 Å². The molecule has 45 heavy (non-hydrogen) atoms. The van der Waals surface area contributed by atoms with Crippen LogP contribution in [0, 0.1) is 13.8 Å².